The van der Waals surface area contributed by atoms with E-state index in [1.54, 1.807) is 0 Å². The number of hydrogen-bond donors (Lipinski definition) is 1. The minimum atomic E-state index is 0.209. The molecule has 0 saturated heterocycles. The van der Waals surface area contributed by atoms with Crippen LogP contribution in [0, 0.1) is 0 Å². The summed E-state index contributed by atoms with van der Waals surface area (Å²) in [5, 5.41) is 7.77. The number of carbonyl (C=O) groups excluding carboxylic acids is 1. The van der Waals surface area contributed by atoms with Gasteiger partial charge >= 0.3 is 0 Å². The molecular weight excluding hydrogens is 320 g/mol. The maximum Gasteiger partial charge on any atom is 0.223 e. The van der Waals surface area contributed by atoms with Gasteiger partial charge in [0.05, 0.1) is 15.9 Å². The first-order chi connectivity index (χ1) is 9.54. The molecule has 6 heteroatoms. The Kier molecular flexibility index (Phi) is 7.23. The van der Waals surface area contributed by atoms with Gasteiger partial charge in [-0.05, 0) is 36.2 Å². The van der Waals surface area contributed by atoms with Crippen molar-refractivity contribution in [3.63, 3.8) is 0 Å². The zero-order valence-corrected chi connectivity index (χ0v) is 14.5. The normalized spacial score (nSPS) is 10.8. The van der Waals surface area contributed by atoms with Crippen LogP contribution in [0.15, 0.2) is 4.47 Å². The molecule has 1 N–H and O–H groups in total. The summed E-state index contributed by atoms with van der Waals surface area (Å²) in [5.74, 6) is 0.209. The van der Waals surface area contributed by atoms with Crippen LogP contribution in [-0.4, -0.2) is 40.2 Å². The van der Waals surface area contributed by atoms with Gasteiger partial charge in [0, 0.05) is 39.6 Å². The summed E-state index contributed by atoms with van der Waals surface area (Å²) >= 11 is 3.59. The third-order valence-electron chi connectivity index (χ3n) is 3.43. The molecule has 0 bridgehead atoms. The van der Waals surface area contributed by atoms with E-state index in [0.717, 1.165) is 41.9 Å². The van der Waals surface area contributed by atoms with Crippen LogP contribution in [0.1, 0.15) is 38.6 Å². The molecule has 0 aliphatic heterocycles. The molecule has 114 valence electrons. The van der Waals surface area contributed by atoms with Crippen LogP contribution in [0.5, 0.6) is 0 Å². The fourth-order valence-electron chi connectivity index (χ4n) is 2.15. The highest BCUT2D eigenvalue weighted by Crippen LogP contribution is 2.21. The van der Waals surface area contributed by atoms with Gasteiger partial charge in [0.15, 0.2) is 0 Å². The van der Waals surface area contributed by atoms with Crippen molar-refractivity contribution in [1.82, 2.24) is 20.0 Å². The number of rotatable bonds is 8. The Morgan fingerprint density at radius 2 is 2.00 bits per heavy atom. The highest BCUT2D eigenvalue weighted by Gasteiger charge is 2.12. The Balaban J connectivity index is 2.42. The number of nitrogens with zero attached hydrogens (tertiary/aromatic N) is 3. The molecule has 1 aromatic heterocycles. The molecule has 1 aromatic rings. The topological polar surface area (TPSA) is 50.2 Å². The first-order valence-corrected chi connectivity index (χ1v) is 8.03. The first kappa shape index (κ1) is 17.2. The van der Waals surface area contributed by atoms with E-state index < -0.39 is 0 Å². The molecule has 0 spiro atoms. The summed E-state index contributed by atoms with van der Waals surface area (Å²) in [6.07, 6.45) is 1.45. The number of carbonyl (C=O) groups is 1. The van der Waals surface area contributed by atoms with Gasteiger partial charge in [0.25, 0.3) is 0 Å². The average molecular weight is 345 g/mol. The predicted octanol–water partition coefficient (Wildman–Crippen LogP) is 2.09. The van der Waals surface area contributed by atoms with Crippen LogP contribution in [0.2, 0.25) is 0 Å². The Morgan fingerprint density at radius 1 is 1.35 bits per heavy atom. The second-order valence-corrected chi connectivity index (χ2v) is 5.47. The minimum Gasteiger partial charge on any atom is -0.343 e. The molecule has 1 rings (SSSR count). The summed E-state index contributed by atoms with van der Waals surface area (Å²) in [6.45, 7) is 9.07. The van der Waals surface area contributed by atoms with Crippen molar-refractivity contribution in [1.29, 1.82) is 0 Å². The number of halogens is 1. The lowest BCUT2D eigenvalue weighted by Gasteiger charge is -2.18. The number of amides is 1. The standard InChI is InChI=1S/C14H25BrN4O/c1-5-11-14(15)12(18(4)17-11)10-16-9-8-13(20)19(6-2)7-3/h16H,5-10H2,1-4H3. The molecule has 0 unspecified atom stereocenters. The van der Waals surface area contributed by atoms with Crippen molar-refractivity contribution in [2.45, 2.75) is 40.2 Å². The van der Waals surface area contributed by atoms with E-state index in [2.05, 4.69) is 33.3 Å². The van der Waals surface area contributed by atoms with Gasteiger partial charge in [0.2, 0.25) is 5.91 Å². The van der Waals surface area contributed by atoms with Crippen molar-refractivity contribution in [3.8, 4) is 0 Å². The Bertz CT molecular complexity index is 441. The second-order valence-electron chi connectivity index (χ2n) is 4.68. The maximum absolute atomic E-state index is 11.9. The van der Waals surface area contributed by atoms with Crippen molar-refractivity contribution in [2.24, 2.45) is 7.05 Å². The summed E-state index contributed by atoms with van der Waals surface area (Å²) in [5.41, 5.74) is 2.20. The lowest BCUT2D eigenvalue weighted by atomic mass is 10.3. The fourth-order valence-corrected chi connectivity index (χ4v) is 2.90. The Labute approximate surface area is 129 Å². The number of nitrogens with one attached hydrogen (secondary N) is 1. The Hall–Kier alpha value is -0.880. The molecule has 20 heavy (non-hydrogen) atoms. The fraction of sp³-hybridized carbons (Fsp3) is 0.714. The molecule has 1 amide bonds. The summed E-state index contributed by atoms with van der Waals surface area (Å²) in [7, 11) is 1.95. The molecule has 1 heterocycles. The van der Waals surface area contributed by atoms with Gasteiger partial charge in [-0.15, -0.1) is 0 Å². The zero-order valence-electron chi connectivity index (χ0n) is 12.9. The van der Waals surface area contributed by atoms with Crippen molar-refractivity contribution < 1.29 is 4.79 Å². The Morgan fingerprint density at radius 3 is 2.50 bits per heavy atom. The van der Waals surface area contributed by atoms with Crippen LogP contribution < -0.4 is 5.32 Å². The lowest BCUT2D eigenvalue weighted by Crippen LogP contribution is -2.32. The molecular formula is C14H25BrN4O. The van der Waals surface area contributed by atoms with Gasteiger partial charge in [-0.2, -0.15) is 5.10 Å². The van der Waals surface area contributed by atoms with E-state index in [0.29, 0.717) is 13.0 Å². The van der Waals surface area contributed by atoms with E-state index in [-0.39, 0.29) is 5.91 Å². The molecule has 0 aliphatic carbocycles. The van der Waals surface area contributed by atoms with E-state index >= 15 is 0 Å². The highest BCUT2D eigenvalue weighted by molar-refractivity contribution is 9.10. The SMILES string of the molecule is CCc1nn(C)c(CNCCC(=O)N(CC)CC)c1Br. The molecule has 0 aliphatic rings. The third-order valence-corrected chi connectivity index (χ3v) is 4.34. The molecule has 0 atom stereocenters. The average Bonchev–Trinajstić information content (AvgIpc) is 2.71. The van der Waals surface area contributed by atoms with E-state index in [4.69, 9.17) is 0 Å². The van der Waals surface area contributed by atoms with Gasteiger partial charge in [-0.25, -0.2) is 0 Å². The predicted molar refractivity (Wildman–Crippen MR) is 84.5 cm³/mol. The van der Waals surface area contributed by atoms with Gasteiger partial charge in [0.1, 0.15) is 0 Å². The molecule has 0 saturated carbocycles. The van der Waals surface area contributed by atoms with Crippen LogP contribution in [-0.2, 0) is 24.8 Å². The summed E-state index contributed by atoms with van der Waals surface area (Å²) in [4.78, 5) is 13.7. The van der Waals surface area contributed by atoms with Crippen LogP contribution in [0.4, 0.5) is 0 Å². The van der Waals surface area contributed by atoms with Crippen LogP contribution >= 0.6 is 15.9 Å². The number of aryl methyl sites for hydroxylation is 2. The second kappa shape index (κ2) is 8.42. The number of hydrogen-bond acceptors (Lipinski definition) is 3. The highest BCUT2D eigenvalue weighted by atomic mass is 79.9. The van der Waals surface area contributed by atoms with Crippen molar-refractivity contribution in [2.75, 3.05) is 19.6 Å². The summed E-state index contributed by atoms with van der Waals surface area (Å²) in [6, 6.07) is 0. The van der Waals surface area contributed by atoms with Gasteiger partial charge < -0.3 is 10.2 Å². The van der Waals surface area contributed by atoms with Gasteiger partial charge in [-0.3, -0.25) is 9.48 Å². The van der Waals surface area contributed by atoms with Crippen molar-refractivity contribution in [3.05, 3.63) is 15.9 Å². The van der Waals surface area contributed by atoms with Crippen LogP contribution in [0.25, 0.3) is 0 Å². The zero-order chi connectivity index (χ0) is 15.1. The monoisotopic (exact) mass is 344 g/mol. The van der Waals surface area contributed by atoms with E-state index in [1.165, 1.54) is 0 Å². The summed E-state index contributed by atoms with van der Waals surface area (Å²) < 4.78 is 2.97. The van der Waals surface area contributed by atoms with Gasteiger partial charge in [-0.1, -0.05) is 6.92 Å². The minimum absolute atomic E-state index is 0.209. The third kappa shape index (κ3) is 4.31. The van der Waals surface area contributed by atoms with Crippen LogP contribution in [0.3, 0.4) is 0 Å². The van der Waals surface area contributed by atoms with E-state index in [1.807, 2.05) is 30.5 Å². The largest absolute Gasteiger partial charge is 0.343 e. The lowest BCUT2D eigenvalue weighted by molar-refractivity contribution is -0.130. The molecule has 0 radical (unpaired) electrons. The maximum atomic E-state index is 11.9. The molecule has 0 aromatic carbocycles. The van der Waals surface area contributed by atoms with E-state index in [9.17, 15) is 4.79 Å². The molecule has 5 nitrogen and oxygen atoms in total. The smallest absolute Gasteiger partial charge is 0.223 e. The first-order valence-electron chi connectivity index (χ1n) is 7.23. The van der Waals surface area contributed by atoms with Crippen molar-refractivity contribution >= 4 is 21.8 Å². The quantitative estimate of drug-likeness (QED) is 0.734. The number of aromatic nitrogens is 2. The molecule has 0 fully saturated rings.